The molecule has 7 heteroatoms. The van der Waals surface area contributed by atoms with Gasteiger partial charge in [-0.3, -0.25) is 14.0 Å². The number of aliphatic carboxylic acids is 1. The maximum absolute atomic E-state index is 11.3. The Morgan fingerprint density at radius 2 is 2.11 bits per heavy atom. The molecule has 2 heterocycles. The third-order valence-electron chi connectivity index (χ3n) is 2.62. The van der Waals surface area contributed by atoms with Gasteiger partial charge in [-0.2, -0.15) is 0 Å². The number of carbonyl (C=O) groups is 2. The second-order valence-corrected chi connectivity index (χ2v) is 4.04. The van der Waals surface area contributed by atoms with E-state index in [1.807, 2.05) is 28.8 Å². The van der Waals surface area contributed by atoms with Crippen LogP contribution in [0, 0.1) is 0 Å². The number of fused-ring (bicyclic) bond motifs is 1. The van der Waals surface area contributed by atoms with Crippen LogP contribution in [0.3, 0.4) is 0 Å². The maximum Gasteiger partial charge on any atom is 0.303 e. The molecule has 2 rings (SSSR count). The first-order chi connectivity index (χ1) is 9.16. The third-order valence-corrected chi connectivity index (χ3v) is 2.62. The number of nitrogens with zero attached hydrogens (tertiary/aromatic N) is 3. The van der Waals surface area contributed by atoms with E-state index in [0.29, 0.717) is 13.0 Å². The van der Waals surface area contributed by atoms with Gasteiger partial charge in [0.1, 0.15) is 5.82 Å². The Morgan fingerprint density at radius 3 is 2.89 bits per heavy atom. The molecule has 0 aliphatic rings. The van der Waals surface area contributed by atoms with Crippen LogP contribution in [0.25, 0.3) is 5.65 Å². The fourth-order valence-corrected chi connectivity index (χ4v) is 1.68. The van der Waals surface area contributed by atoms with Gasteiger partial charge in [0.2, 0.25) is 5.91 Å². The normalized spacial score (nSPS) is 10.5. The van der Waals surface area contributed by atoms with Crippen molar-refractivity contribution < 1.29 is 14.7 Å². The Labute approximate surface area is 109 Å². The molecular formula is C12H14N4O3. The van der Waals surface area contributed by atoms with Gasteiger partial charge in [-0.15, -0.1) is 10.2 Å². The number of amides is 1. The molecule has 0 atom stereocenters. The van der Waals surface area contributed by atoms with Gasteiger partial charge in [0, 0.05) is 25.6 Å². The summed E-state index contributed by atoms with van der Waals surface area (Å²) in [5.41, 5.74) is 0.759. The Bertz CT molecular complexity index is 593. The average Bonchev–Trinajstić information content (AvgIpc) is 2.80. The highest BCUT2D eigenvalue weighted by atomic mass is 16.4. The largest absolute Gasteiger partial charge is 0.481 e. The molecule has 7 nitrogen and oxygen atoms in total. The molecule has 0 radical (unpaired) electrons. The second-order valence-electron chi connectivity index (χ2n) is 4.04. The fourth-order valence-electron chi connectivity index (χ4n) is 1.68. The van der Waals surface area contributed by atoms with Gasteiger partial charge in [0.15, 0.2) is 5.65 Å². The van der Waals surface area contributed by atoms with Gasteiger partial charge in [-0.25, -0.2) is 0 Å². The van der Waals surface area contributed by atoms with E-state index in [2.05, 4.69) is 15.5 Å². The highest BCUT2D eigenvalue weighted by Gasteiger charge is 2.07. The summed E-state index contributed by atoms with van der Waals surface area (Å²) in [4.78, 5) is 21.6. The molecule has 0 spiro atoms. The summed E-state index contributed by atoms with van der Waals surface area (Å²) in [6.45, 7) is 0.411. The Morgan fingerprint density at radius 1 is 1.26 bits per heavy atom. The summed E-state index contributed by atoms with van der Waals surface area (Å²) in [7, 11) is 0. The van der Waals surface area contributed by atoms with E-state index < -0.39 is 5.97 Å². The van der Waals surface area contributed by atoms with Crippen molar-refractivity contribution in [3.8, 4) is 0 Å². The molecule has 0 aliphatic carbocycles. The molecule has 0 aliphatic heterocycles. The van der Waals surface area contributed by atoms with Crippen molar-refractivity contribution in [1.29, 1.82) is 0 Å². The Kier molecular flexibility index (Phi) is 4.07. The smallest absolute Gasteiger partial charge is 0.303 e. The van der Waals surface area contributed by atoms with E-state index >= 15 is 0 Å². The molecule has 0 fully saturated rings. The van der Waals surface area contributed by atoms with Gasteiger partial charge in [0.25, 0.3) is 0 Å². The van der Waals surface area contributed by atoms with Crippen LogP contribution in [0.1, 0.15) is 18.7 Å². The number of nitrogens with one attached hydrogen (secondary N) is 1. The lowest BCUT2D eigenvalue weighted by Gasteiger charge is -2.03. The van der Waals surface area contributed by atoms with Crippen molar-refractivity contribution in [1.82, 2.24) is 19.9 Å². The van der Waals surface area contributed by atoms with E-state index in [9.17, 15) is 9.59 Å². The predicted octanol–water partition coefficient (Wildman–Crippen LogP) is 0.253. The Balaban J connectivity index is 1.83. The minimum Gasteiger partial charge on any atom is -0.481 e. The van der Waals surface area contributed by atoms with E-state index in [1.54, 1.807) is 0 Å². The van der Waals surface area contributed by atoms with Crippen molar-refractivity contribution in [2.45, 2.75) is 19.3 Å². The summed E-state index contributed by atoms with van der Waals surface area (Å²) in [5.74, 6) is -0.482. The van der Waals surface area contributed by atoms with Crippen LogP contribution in [0.2, 0.25) is 0 Å². The number of carboxylic acids is 1. The molecule has 2 aromatic heterocycles. The molecule has 19 heavy (non-hydrogen) atoms. The first-order valence-corrected chi connectivity index (χ1v) is 5.94. The van der Waals surface area contributed by atoms with Crippen LogP contribution >= 0.6 is 0 Å². The van der Waals surface area contributed by atoms with Gasteiger partial charge in [0.05, 0.1) is 6.42 Å². The number of rotatable bonds is 6. The van der Waals surface area contributed by atoms with Crippen molar-refractivity contribution in [3.05, 3.63) is 30.2 Å². The van der Waals surface area contributed by atoms with Crippen molar-refractivity contribution in [2.75, 3.05) is 6.54 Å². The zero-order valence-corrected chi connectivity index (χ0v) is 10.2. The van der Waals surface area contributed by atoms with E-state index in [0.717, 1.165) is 11.5 Å². The number of hydrogen-bond acceptors (Lipinski definition) is 4. The number of hydrogen-bond donors (Lipinski definition) is 2. The second kappa shape index (κ2) is 5.94. The topological polar surface area (TPSA) is 96.6 Å². The first kappa shape index (κ1) is 13.0. The van der Waals surface area contributed by atoms with Crippen LogP contribution in [-0.4, -0.2) is 38.1 Å². The van der Waals surface area contributed by atoms with Crippen molar-refractivity contribution >= 4 is 17.5 Å². The van der Waals surface area contributed by atoms with Crippen molar-refractivity contribution in [2.24, 2.45) is 0 Å². The van der Waals surface area contributed by atoms with Crippen LogP contribution in [0.5, 0.6) is 0 Å². The minimum atomic E-state index is -0.974. The predicted molar refractivity (Wildman–Crippen MR) is 66.6 cm³/mol. The highest BCUT2D eigenvalue weighted by molar-refractivity contribution is 5.80. The summed E-state index contributed by atoms with van der Waals surface area (Å²) in [6, 6.07) is 5.61. The molecule has 0 saturated carbocycles. The Hall–Kier alpha value is -2.44. The van der Waals surface area contributed by atoms with Crippen LogP contribution < -0.4 is 5.32 Å². The van der Waals surface area contributed by atoms with Crippen LogP contribution in [-0.2, 0) is 16.0 Å². The molecular weight excluding hydrogens is 248 g/mol. The van der Waals surface area contributed by atoms with E-state index in [4.69, 9.17) is 5.11 Å². The fraction of sp³-hybridized carbons (Fsp3) is 0.333. The maximum atomic E-state index is 11.3. The quantitative estimate of drug-likeness (QED) is 0.778. The van der Waals surface area contributed by atoms with E-state index in [1.165, 1.54) is 0 Å². The summed E-state index contributed by atoms with van der Waals surface area (Å²) in [5, 5.41) is 19.1. The summed E-state index contributed by atoms with van der Waals surface area (Å²) in [6.07, 6.45) is 2.25. The molecule has 0 bridgehead atoms. The molecule has 0 unspecified atom stereocenters. The molecule has 100 valence electrons. The lowest BCUT2D eigenvalue weighted by Crippen LogP contribution is -2.26. The van der Waals surface area contributed by atoms with Crippen LogP contribution in [0.15, 0.2) is 24.4 Å². The summed E-state index contributed by atoms with van der Waals surface area (Å²) < 4.78 is 1.85. The van der Waals surface area contributed by atoms with Gasteiger partial charge >= 0.3 is 5.97 Å². The molecule has 2 aromatic rings. The lowest BCUT2D eigenvalue weighted by atomic mass is 10.3. The minimum absolute atomic E-state index is 0.00405. The molecule has 1 amide bonds. The molecule has 0 aromatic carbocycles. The first-order valence-electron chi connectivity index (χ1n) is 5.94. The number of pyridine rings is 1. The van der Waals surface area contributed by atoms with Crippen molar-refractivity contribution in [3.63, 3.8) is 0 Å². The van der Waals surface area contributed by atoms with Crippen LogP contribution in [0.4, 0.5) is 0 Å². The lowest BCUT2D eigenvalue weighted by molar-refractivity contribution is -0.138. The number of carboxylic acid groups (broad SMARTS) is 1. The number of carbonyl (C=O) groups excluding carboxylic acids is 1. The van der Waals surface area contributed by atoms with Gasteiger partial charge in [-0.1, -0.05) is 6.07 Å². The monoisotopic (exact) mass is 262 g/mol. The molecule has 0 saturated heterocycles. The van der Waals surface area contributed by atoms with Gasteiger partial charge in [-0.05, 0) is 12.1 Å². The number of aromatic nitrogens is 3. The van der Waals surface area contributed by atoms with Gasteiger partial charge < -0.3 is 10.4 Å². The summed E-state index contributed by atoms with van der Waals surface area (Å²) >= 11 is 0. The van der Waals surface area contributed by atoms with E-state index in [-0.39, 0.29) is 18.7 Å². The zero-order valence-electron chi connectivity index (χ0n) is 10.2. The molecule has 2 N–H and O–H groups in total. The highest BCUT2D eigenvalue weighted by Crippen LogP contribution is 2.02. The zero-order chi connectivity index (χ0) is 13.7. The average molecular weight is 262 g/mol. The third kappa shape index (κ3) is 3.51. The standard InChI is InChI=1S/C12H14N4O3/c17-11(4-5-12(18)19)13-7-6-10-15-14-9-3-1-2-8-16(9)10/h1-3,8H,4-7H2,(H,13,17)(H,18,19). The SMILES string of the molecule is O=C(O)CCC(=O)NCCc1nnc2ccccn12.